The third kappa shape index (κ3) is 3.25. The van der Waals surface area contributed by atoms with Crippen LogP contribution in [0.3, 0.4) is 0 Å². The Bertz CT molecular complexity index is 649. The third-order valence-corrected chi connectivity index (χ3v) is 5.22. The zero-order valence-electron chi connectivity index (χ0n) is 11.8. The second-order valence-corrected chi connectivity index (χ2v) is 6.58. The van der Waals surface area contributed by atoms with Gasteiger partial charge in [-0.15, -0.1) is 0 Å². The zero-order valence-corrected chi connectivity index (χ0v) is 12.6. The Labute approximate surface area is 124 Å². The van der Waals surface area contributed by atoms with Crippen LogP contribution in [0, 0.1) is 0 Å². The van der Waals surface area contributed by atoms with Crippen LogP contribution in [0.25, 0.3) is 0 Å². The van der Waals surface area contributed by atoms with Crippen LogP contribution in [-0.4, -0.2) is 38.8 Å². The lowest BCUT2D eigenvalue weighted by molar-refractivity contribution is -0.111. The number of hydrogen-bond donors (Lipinski definition) is 1. The number of carbonyl (C=O) groups excluding carboxylic acids is 1. The molecule has 1 heterocycles. The van der Waals surface area contributed by atoms with Crippen LogP contribution in [0.4, 0.5) is 5.69 Å². The highest BCUT2D eigenvalue weighted by Gasteiger charge is 2.30. The van der Waals surface area contributed by atoms with E-state index in [-0.39, 0.29) is 10.6 Å². The summed E-state index contributed by atoms with van der Waals surface area (Å²) in [5.74, 6) is -0.136. The first kappa shape index (κ1) is 15.5. The summed E-state index contributed by atoms with van der Waals surface area (Å²) in [6.45, 7) is 4.38. The molecule has 0 unspecified atom stereocenters. The predicted molar refractivity (Wildman–Crippen MR) is 79.8 cm³/mol. The van der Waals surface area contributed by atoms with Crippen LogP contribution in [0.5, 0.6) is 5.75 Å². The van der Waals surface area contributed by atoms with Gasteiger partial charge in [-0.05, 0) is 37.1 Å². The minimum Gasteiger partial charge on any atom is -0.495 e. The Kier molecular flexibility index (Phi) is 4.64. The fraction of sp³-hybridized carbons (Fsp3) is 0.357. The summed E-state index contributed by atoms with van der Waals surface area (Å²) in [7, 11) is -2.20. The monoisotopic (exact) mass is 310 g/mol. The van der Waals surface area contributed by atoms with Crippen molar-refractivity contribution in [3.63, 3.8) is 0 Å². The van der Waals surface area contributed by atoms with E-state index >= 15 is 0 Å². The number of carbonyl (C=O) groups is 1. The maximum absolute atomic E-state index is 12.6. The minimum atomic E-state index is -3.62. The summed E-state index contributed by atoms with van der Waals surface area (Å²) in [4.78, 5) is 11.4. The molecule has 1 aromatic rings. The van der Waals surface area contributed by atoms with Crippen molar-refractivity contribution >= 4 is 21.6 Å². The fourth-order valence-electron chi connectivity index (χ4n) is 2.22. The molecule has 114 valence electrons. The normalized spacial score (nSPS) is 15.7. The van der Waals surface area contributed by atoms with Crippen molar-refractivity contribution in [1.82, 2.24) is 4.31 Å². The van der Waals surface area contributed by atoms with Crippen LogP contribution in [-0.2, 0) is 14.8 Å². The zero-order chi connectivity index (χ0) is 15.5. The lowest BCUT2D eigenvalue weighted by Crippen LogP contribution is -2.28. The lowest BCUT2D eigenvalue weighted by atomic mass is 10.3. The molecule has 1 fully saturated rings. The van der Waals surface area contributed by atoms with E-state index in [2.05, 4.69) is 11.9 Å². The molecule has 0 bridgehead atoms. The number of sulfonamides is 1. The molecule has 2 rings (SSSR count). The SMILES string of the molecule is C=CC(=O)Nc1ccc(OC)c(S(=O)(=O)N2CCCC2)c1. The minimum absolute atomic E-state index is 0.0637. The number of benzene rings is 1. The summed E-state index contributed by atoms with van der Waals surface area (Å²) < 4.78 is 31.8. The molecule has 0 spiro atoms. The van der Waals surface area contributed by atoms with Gasteiger partial charge in [0.25, 0.3) is 0 Å². The van der Waals surface area contributed by atoms with E-state index in [4.69, 9.17) is 4.74 Å². The summed E-state index contributed by atoms with van der Waals surface area (Å²) in [6, 6.07) is 4.53. The summed E-state index contributed by atoms with van der Waals surface area (Å²) >= 11 is 0. The Hall–Kier alpha value is -1.86. The number of amides is 1. The first-order valence-corrected chi connectivity index (χ1v) is 8.04. The molecule has 0 saturated carbocycles. The highest BCUT2D eigenvalue weighted by molar-refractivity contribution is 7.89. The molecule has 1 N–H and O–H groups in total. The second kappa shape index (κ2) is 6.28. The number of nitrogens with zero attached hydrogens (tertiary/aromatic N) is 1. The summed E-state index contributed by atoms with van der Waals surface area (Å²) in [6.07, 6.45) is 2.84. The maximum Gasteiger partial charge on any atom is 0.247 e. The van der Waals surface area contributed by atoms with Gasteiger partial charge in [-0.25, -0.2) is 8.42 Å². The van der Waals surface area contributed by atoms with Crippen LogP contribution in [0.1, 0.15) is 12.8 Å². The molecule has 0 atom stereocenters. The topological polar surface area (TPSA) is 75.7 Å². The lowest BCUT2D eigenvalue weighted by Gasteiger charge is -2.18. The number of ether oxygens (including phenoxy) is 1. The highest BCUT2D eigenvalue weighted by Crippen LogP contribution is 2.31. The molecule has 1 aliphatic rings. The molecule has 6 nitrogen and oxygen atoms in total. The van der Waals surface area contributed by atoms with Gasteiger partial charge < -0.3 is 10.1 Å². The average molecular weight is 310 g/mol. The number of methoxy groups -OCH3 is 1. The van der Waals surface area contributed by atoms with E-state index < -0.39 is 15.9 Å². The van der Waals surface area contributed by atoms with E-state index in [0.29, 0.717) is 18.8 Å². The average Bonchev–Trinajstić information content (AvgIpc) is 3.02. The first-order chi connectivity index (χ1) is 9.98. The van der Waals surface area contributed by atoms with Crippen molar-refractivity contribution in [1.29, 1.82) is 0 Å². The van der Waals surface area contributed by atoms with Gasteiger partial charge in [0.2, 0.25) is 15.9 Å². The van der Waals surface area contributed by atoms with Gasteiger partial charge in [0.05, 0.1) is 7.11 Å². The molecule has 0 radical (unpaired) electrons. The van der Waals surface area contributed by atoms with Crippen molar-refractivity contribution in [2.24, 2.45) is 0 Å². The van der Waals surface area contributed by atoms with Crippen molar-refractivity contribution in [3.05, 3.63) is 30.9 Å². The highest BCUT2D eigenvalue weighted by atomic mass is 32.2. The fourth-order valence-corrected chi connectivity index (χ4v) is 3.92. The molecule has 7 heteroatoms. The van der Waals surface area contributed by atoms with E-state index in [1.54, 1.807) is 6.07 Å². The van der Waals surface area contributed by atoms with E-state index in [1.165, 1.54) is 23.5 Å². The number of nitrogens with one attached hydrogen (secondary N) is 1. The van der Waals surface area contributed by atoms with E-state index in [1.807, 2.05) is 0 Å². The molecule has 1 saturated heterocycles. The van der Waals surface area contributed by atoms with Gasteiger partial charge in [0.15, 0.2) is 0 Å². The van der Waals surface area contributed by atoms with Crippen LogP contribution in [0.2, 0.25) is 0 Å². The van der Waals surface area contributed by atoms with E-state index in [9.17, 15) is 13.2 Å². The quantitative estimate of drug-likeness (QED) is 0.838. The molecule has 21 heavy (non-hydrogen) atoms. The Morgan fingerprint density at radius 2 is 2.05 bits per heavy atom. The van der Waals surface area contributed by atoms with Gasteiger partial charge in [-0.2, -0.15) is 4.31 Å². The number of hydrogen-bond acceptors (Lipinski definition) is 4. The van der Waals surface area contributed by atoms with Crippen molar-refractivity contribution in [2.45, 2.75) is 17.7 Å². The smallest absolute Gasteiger partial charge is 0.247 e. The van der Waals surface area contributed by atoms with Crippen LogP contribution < -0.4 is 10.1 Å². The first-order valence-electron chi connectivity index (χ1n) is 6.60. The van der Waals surface area contributed by atoms with Gasteiger partial charge >= 0.3 is 0 Å². The molecule has 0 aromatic heterocycles. The van der Waals surface area contributed by atoms with Crippen molar-refractivity contribution in [3.8, 4) is 5.75 Å². The van der Waals surface area contributed by atoms with E-state index in [0.717, 1.165) is 18.9 Å². The molecule has 1 aromatic carbocycles. The summed E-state index contributed by atoms with van der Waals surface area (Å²) in [5, 5.41) is 2.55. The third-order valence-electron chi connectivity index (χ3n) is 3.30. The largest absolute Gasteiger partial charge is 0.495 e. The van der Waals surface area contributed by atoms with Crippen LogP contribution >= 0.6 is 0 Å². The van der Waals surface area contributed by atoms with Gasteiger partial charge in [0.1, 0.15) is 10.6 Å². The molecule has 1 amide bonds. The van der Waals surface area contributed by atoms with Gasteiger partial charge in [0, 0.05) is 18.8 Å². The van der Waals surface area contributed by atoms with Crippen molar-refractivity contribution < 1.29 is 17.9 Å². The Balaban J connectivity index is 2.42. The summed E-state index contributed by atoms with van der Waals surface area (Å²) in [5.41, 5.74) is 0.387. The molecular formula is C14H18N2O4S. The predicted octanol–water partition coefficient (Wildman–Crippen LogP) is 1.60. The Morgan fingerprint density at radius 3 is 2.62 bits per heavy atom. The standard InChI is InChI=1S/C14H18N2O4S/c1-3-14(17)15-11-6-7-12(20-2)13(10-11)21(18,19)16-8-4-5-9-16/h3,6-7,10H,1,4-5,8-9H2,2H3,(H,15,17). The van der Waals surface area contributed by atoms with Crippen molar-refractivity contribution in [2.75, 3.05) is 25.5 Å². The molecule has 0 aliphatic carbocycles. The Morgan fingerprint density at radius 1 is 1.38 bits per heavy atom. The molecular weight excluding hydrogens is 292 g/mol. The van der Waals surface area contributed by atoms with Crippen LogP contribution in [0.15, 0.2) is 35.7 Å². The number of anilines is 1. The maximum atomic E-state index is 12.6. The van der Waals surface area contributed by atoms with Gasteiger partial charge in [-0.1, -0.05) is 6.58 Å². The molecule has 1 aliphatic heterocycles. The number of rotatable bonds is 5. The second-order valence-electron chi connectivity index (χ2n) is 4.67. The van der Waals surface area contributed by atoms with Gasteiger partial charge in [-0.3, -0.25) is 4.79 Å².